The maximum Gasteiger partial charge on any atom is 0.302 e. The zero-order valence-corrected chi connectivity index (χ0v) is 17.4. The number of hydrogen-bond donors (Lipinski definition) is 1. The molecule has 1 aliphatic rings. The highest BCUT2D eigenvalue weighted by molar-refractivity contribution is 6.30. The molecular formula is C21H28Cl2O4. The number of unbranched alkanes of at least 4 members (excludes halogenated alkanes) is 1. The molecule has 1 aromatic carbocycles. The fraction of sp³-hybridized carbons (Fsp3) is 0.571. The van der Waals surface area contributed by atoms with E-state index in [4.69, 9.17) is 32.7 Å². The molecule has 0 spiro atoms. The van der Waals surface area contributed by atoms with Crippen LogP contribution in [0.25, 0.3) is 0 Å². The van der Waals surface area contributed by atoms with Crippen LogP contribution >= 0.6 is 23.2 Å². The summed E-state index contributed by atoms with van der Waals surface area (Å²) in [6, 6.07) is 5.25. The molecule has 1 N–H and O–H groups in total. The summed E-state index contributed by atoms with van der Waals surface area (Å²) in [7, 11) is 0. The SMILES string of the molecule is CCC/C=C\C[C@@H]1[C@@H](COc2cc(Cl)cc(COC(C)=O)c2)[C@H](O)C[C@H]1Cl. The molecule has 0 bridgehead atoms. The van der Waals surface area contributed by atoms with Gasteiger partial charge in [0, 0.05) is 23.2 Å². The average molecular weight is 415 g/mol. The number of rotatable bonds is 9. The second kappa shape index (κ2) is 10.9. The predicted molar refractivity (Wildman–Crippen MR) is 108 cm³/mol. The van der Waals surface area contributed by atoms with Crippen molar-refractivity contribution < 1.29 is 19.4 Å². The number of aliphatic hydroxyl groups is 1. The van der Waals surface area contributed by atoms with Crippen LogP contribution in [0.1, 0.15) is 45.1 Å². The van der Waals surface area contributed by atoms with Crippen molar-refractivity contribution in [3.63, 3.8) is 0 Å². The number of aliphatic hydroxyl groups excluding tert-OH is 1. The Balaban J connectivity index is 1.99. The molecule has 1 aromatic rings. The minimum atomic E-state index is -0.475. The molecule has 4 atom stereocenters. The van der Waals surface area contributed by atoms with Gasteiger partial charge < -0.3 is 14.6 Å². The fourth-order valence-electron chi connectivity index (χ4n) is 3.39. The average Bonchev–Trinajstić information content (AvgIpc) is 2.87. The third-order valence-electron chi connectivity index (χ3n) is 4.82. The summed E-state index contributed by atoms with van der Waals surface area (Å²) < 4.78 is 10.9. The smallest absolute Gasteiger partial charge is 0.302 e. The van der Waals surface area contributed by atoms with E-state index in [1.807, 2.05) is 0 Å². The lowest BCUT2D eigenvalue weighted by Gasteiger charge is -2.23. The van der Waals surface area contributed by atoms with Gasteiger partial charge in [0.05, 0.1) is 12.7 Å². The number of carbonyl (C=O) groups excluding carboxylic acids is 1. The van der Waals surface area contributed by atoms with Crippen molar-refractivity contribution in [2.24, 2.45) is 11.8 Å². The van der Waals surface area contributed by atoms with E-state index in [9.17, 15) is 9.90 Å². The Morgan fingerprint density at radius 1 is 1.30 bits per heavy atom. The monoisotopic (exact) mass is 414 g/mol. The molecule has 0 radical (unpaired) electrons. The van der Waals surface area contributed by atoms with Crippen LogP contribution < -0.4 is 4.74 Å². The minimum absolute atomic E-state index is 0.0327. The Morgan fingerprint density at radius 2 is 2.07 bits per heavy atom. The van der Waals surface area contributed by atoms with E-state index in [0.29, 0.717) is 23.8 Å². The first kappa shape index (κ1) is 22.1. The van der Waals surface area contributed by atoms with Gasteiger partial charge in [0.15, 0.2) is 0 Å². The normalized spacial score (nSPS) is 25.1. The lowest BCUT2D eigenvalue weighted by atomic mass is 9.92. The van der Waals surface area contributed by atoms with E-state index in [2.05, 4.69) is 19.1 Å². The van der Waals surface area contributed by atoms with E-state index >= 15 is 0 Å². The number of ether oxygens (including phenoxy) is 2. The van der Waals surface area contributed by atoms with Gasteiger partial charge in [-0.25, -0.2) is 0 Å². The summed E-state index contributed by atoms with van der Waals surface area (Å²) >= 11 is 12.6. The summed E-state index contributed by atoms with van der Waals surface area (Å²) in [4.78, 5) is 11.0. The Morgan fingerprint density at radius 3 is 2.78 bits per heavy atom. The Hall–Kier alpha value is -1.23. The largest absolute Gasteiger partial charge is 0.493 e. The highest BCUT2D eigenvalue weighted by Crippen LogP contribution is 2.39. The van der Waals surface area contributed by atoms with Crippen LogP contribution in [0, 0.1) is 11.8 Å². The highest BCUT2D eigenvalue weighted by atomic mass is 35.5. The van der Waals surface area contributed by atoms with Crippen LogP contribution in [-0.2, 0) is 16.1 Å². The first-order valence-corrected chi connectivity index (χ1v) is 10.2. The van der Waals surface area contributed by atoms with Crippen molar-refractivity contribution in [2.45, 2.75) is 57.6 Å². The van der Waals surface area contributed by atoms with E-state index in [1.54, 1.807) is 18.2 Å². The van der Waals surface area contributed by atoms with Crippen molar-refractivity contribution in [1.82, 2.24) is 0 Å². The Bertz CT molecular complexity index is 647. The van der Waals surface area contributed by atoms with Gasteiger partial charge in [-0.3, -0.25) is 4.79 Å². The number of hydrogen-bond acceptors (Lipinski definition) is 4. The molecule has 27 heavy (non-hydrogen) atoms. The topological polar surface area (TPSA) is 55.8 Å². The molecule has 0 heterocycles. The predicted octanol–water partition coefficient (Wildman–Crippen LogP) is 5.13. The second-order valence-electron chi connectivity index (χ2n) is 7.03. The zero-order chi connectivity index (χ0) is 19.8. The van der Waals surface area contributed by atoms with E-state index < -0.39 is 6.10 Å². The Kier molecular flexibility index (Phi) is 8.94. The number of allylic oxidation sites excluding steroid dienone is 2. The molecule has 150 valence electrons. The molecule has 1 fully saturated rings. The summed E-state index contributed by atoms with van der Waals surface area (Å²) in [5.41, 5.74) is 0.758. The van der Waals surface area contributed by atoms with Gasteiger partial charge in [0.25, 0.3) is 0 Å². The van der Waals surface area contributed by atoms with E-state index in [0.717, 1.165) is 24.8 Å². The number of esters is 1. The summed E-state index contributed by atoms with van der Waals surface area (Å²) in [6.07, 6.45) is 7.44. The molecule has 4 nitrogen and oxygen atoms in total. The van der Waals surface area contributed by atoms with Crippen LogP contribution in [0.2, 0.25) is 5.02 Å². The second-order valence-corrected chi connectivity index (χ2v) is 8.03. The van der Waals surface area contributed by atoms with Crippen molar-refractivity contribution in [3.8, 4) is 5.75 Å². The van der Waals surface area contributed by atoms with Gasteiger partial charge in [0.2, 0.25) is 0 Å². The number of alkyl halides is 1. The van der Waals surface area contributed by atoms with Gasteiger partial charge in [-0.15, -0.1) is 11.6 Å². The van der Waals surface area contributed by atoms with Crippen LogP contribution in [0.3, 0.4) is 0 Å². The van der Waals surface area contributed by atoms with E-state index in [-0.39, 0.29) is 29.8 Å². The summed E-state index contributed by atoms with van der Waals surface area (Å²) in [5, 5.41) is 10.8. The molecule has 1 aliphatic carbocycles. The number of halogens is 2. The molecule has 6 heteroatoms. The summed E-state index contributed by atoms with van der Waals surface area (Å²) in [5.74, 6) is 0.387. The van der Waals surface area contributed by atoms with Crippen LogP contribution in [0.5, 0.6) is 5.75 Å². The lowest BCUT2D eigenvalue weighted by Crippen LogP contribution is -2.27. The van der Waals surface area contributed by atoms with Crippen LogP contribution in [-0.4, -0.2) is 29.2 Å². The maximum atomic E-state index is 11.0. The molecule has 0 saturated heterocycles. The minimum Gasteiger partial charge on any atom is -0.493 e. The van der Waals surface area contributed by atoms with Gasteiger partial charge in [-0.05, 0) is 48.9 Å². The third kappa shape index (κ3) is 7.02. The highest BCUT2D eigenvalue weighted by Gasteiger charge is 2.41. The first-order valence-electron chi connectivity index (χ1n) is 9.43. The number of carbonyl (C=O) groups is 1. The van der Waals surface area contributed by atoms with Gasteiger partial charge >= 0.3 is 5.97 Å². The van der Waals surface area contributed by atoms with Gasteiger partial charge in [-0.1, -0.05) is 37.1 Å². The fourth-order valence-corrected chi connectivity index (χ4v) is 4.11. The zero-order valence-electron chi connectivity index (χ0n) is 15.9. The Labute approximate surface area is 171 Å². The van der Waals surface area contributed by atoms with Crippen LogP contribution in [0.4, 0.5) is 0 Å². The van der Waals surface area contributed by atoms with Crippen molar-refractivity contribution in [2.75, 3.05) is 6.61 Å². The summed E-state index contributed by atoms with van der Waals surface area (Å²) in [6.45, 7) is 4.02. The van der Waals surface area contributed by atoms with Crippen LogP contribution in [0.15, 0.2) is 30.4 Å². The van der Waals surface area contributed by atoms with Crippen molar-refractivity contribution in [3.05, 3.63) is 40.9 Å². The molecule has 0 aromatic heterocycles. The molecule has 0 aliphatic heterocycles. The van der Waals surface area contributed by atoms with E-state index in [1.165, 1.54) is 6.92 Å². The molecule has 1 saturated carbocycles. The standard InChI is InChI=1S/C21H28Cl2O4/c1-3-4-5-6-7-18-19(21(25)11-20(18)23)13-27-17-9-15(8-16(22)10-17)12-26-14(2)24/h5-6,8-10,18-21,25H,3-4,7,11-13H2,1-2H3/b6-5-/t18-,19-,20-,21-/m1/s1. The molecular weight excluding hydrogens is 387 g/mol. The molecule has 2 rings (SSSR count). The van der Waals surface area contributed by atoms with Gasteiger partial charge in [-0.2, -0.15) is 0 Å². The quantitative estimate of drug-likeness (QED) is 0.345. The first-order chi connectivity index (χ1) is 12.9. The molecule has 0 unspecified atom stereocenters. The third-order valence-corrected chi connectivity index (χ3v) is 5.54. The van der Waals surface area contributed by atoms with Crippen molar-refractivity contribution >= 4 is 29.2 Å². The lowest BCUT2D eigenvalue weighted by molar-refractivity contribution is -0.142. The number of benzene rings is 1. The van der Waals surface area contributed by atoms with Gasteiger partial charge in [0.1, 0.15) is 12.4 Å². The maximum absolute atomic E-state index is 11.0. The molecule has 0 amide bonds. The van der Waals surface area contributed by atoms with Crippen molar-refractivity contribution in [1.29, 1.82) is 0 Å².